The highest BCUT2D eigenvalue weighted by Crippen LogP contribution is 2.23. The molecule has 0 saturated heterocycles. The van der Waals surface area contributed by atoms with Gasteiger partial charge in [-0.1, -0.05) is 0 Å². The summed E-state index contributed by atoms with van der Waals surface area (Å²) < 4.78 is 10.1. The molecule has 0 atom stereocenters. The number of anilines is 2. The van der Waals surface area contributed by atoms with Gasteiger partial charge in [-0.25, -0.2) is 9.59 Å². The number of rotatable bonds is 4. The van der Waals surface area contributed by atoms with E-state index >= 15 is 0 Å². The van der Waals surface area contributed by atoms with Crippen LogP contribution in [0.15, 0.2) is 18.2 Å². The highest BCUT2D eigenvalue weighted by molar-refractivity contribution is 5.86. The Balaban J connectivity index is 2.75. The van der Waals surface area contributed by atoms with E-state index in [1.54, 1.807) is 20.8 Å². The Hall–Kier alpha value is -2.44. The minimum atomic E-state index is -1.10. The van der Waals surface area contributed by atoms with Crippen LogP contribution in [0.2, 0.25) is 0 Å². The third-order valence-corrected chi connectivity index (χ3v) is 1.94. The van der Waals surface area contributed by atoms with Crippen LogP contribution in [0, 0.1) is 0 Å². The highest BCUT2D eigenvalue weighted by atomic mass is 16.6. The molecule has 1 amide bonds. The van der Waals surface area contributed by atoms with Gasteiger partial charge in [0.2, 0.25) is 0 Å². The van der Waals surface area contributed by atoms with E-state index in [0.717, 1.165) is 0 Å². The topological polar surface area (TPSA) is 111 Å². The number of carboxylic acid groups (broad SMARTS) is 1. The van der Waals surface area contributed by atoms with Gasteiger partial charge in [0, 0.05) is 23.5 Å². The number of ether oxygens (including phenoxy) is 2. The van der Waals surface area contributed by atoms with Crippen LogP contribution in [0.4, 0.5) is 16.2 Å². The monoisotopic (exact) mass is 282 g/mol. The van der Waals surface area contributed by atoms with E-state index in [4.69, 9.17) is 20.3 Å². The fourth-order valence-electron chi connectivity index (χ4n) is 1.34. The Bertz CT molecular complexity index is 508. The zero-order valence-electron chi connectivity index (χ0n) is 11.6. The smallest absolute Gasteiger partial charge is 0.412 e. The lowest BCUT2D eigenvalue weighted by atomic mass is 10.2. The Kier molecular flexibility index (Phi) is 4.79. The first-order valence-corrected chi connectivity index (χ1v) is 5.91. The molecular weight excluding hydrogens is 264 g/mol. The molecule has 0 aliphatic carbocycles. The predicted octanol–water partition coefficient (Wildman–Crippen LogP) is 2.08. The van der Waals surface area contributed by atoms with Crippen LogP contribution in [-0.2, 0) is 9.53 Å². The number of nitrogens with two attached hydrogens (primary N) is 1. The molecule has 0 aliphatic rings. The van der Waals surface area contributed by atoms with Crippen molar-refractivity contribution in [3.8, 4) is 5.75 Å². The summed E-state index contributed by atoms with van der Waals surface area (Å²) in [6.07, 6.45) is -0.632. The van der Waals surface area contributed by atoms with Gasteiger partial charge in [0.1, 0.15) is 11.4 Å². The fraction of sp³-hybridized carbons (Fsp3) is 0.385. The van der Waals surface area contributed by atoms with Gasteiger partial charge in [-0.2, -0.15) is 0 Å². The van der Waals surface area contributed by atoms with Gasteiger partial charge >= 0.3 is 12.1 Å². The molecule has 0 spiro atoms. The molecular formula is C13H18N2O5. The van der Waals surface area contributed by atoms with Crippen molar-refractivity contribution in [2.45, 2.75) is 26.4 Å². The molecule has 0 heterocycles. The summed E-state index contributed by atoms with van der Waals surface area (Å²) in [5, 5.41) is 11.0. The Morgan fingerprint density at radius 1 is 1.30 bits per heavy atom. The zero-order chi connectivity index (χ0) is 15.3. The molecule has 1 aromatic rings. The first-order valence-electron chi connectivity index (χ1n) is 5.91. The summed E-state index contributed by atoms with van der Waals surface area (Å²) in [6.45, 7) is 4.74. The van der Waals surface area contributed by atoms with Gasteiger partial charge in [0.25, 0.3) is 0 Å². The lowest BCUT2D eigenvalue weighted by Gasteiger charge is -2.20. The first-order chi connectivity index (χ1) is 9.15. The standard InChI is InChI=1S/C13H18N2O5/c1-13(2,3)20-12(18)15-9-4-8(14)5-10(6-9)19-7-11(16)17/h4-6H,7,14H2,1-3H3,(H,15,18)(H,16,17). The Morgan fingerprint density at radius 3 is 2.50 bits per heavy atom. The van der Waals surface area contributed by atoms with E-state index < -0.39 is 24.3 Å². The SMILES string of the molecule is CC(C)(C)OC(=O)Nc1cc(N)cc(OCC(=O)O)c1. The molecule has 0 bridgehead atoms. The number of hydrogen-bond acceptors (Lipinski definition) is 5. The van der Waals surface area contributed by atoms with Crippen molar-refractivity contribution >= 4 is 23.4 Å². The van der Waals surface area contributed by atoms with Crippen LogP contribution >= 0.6 is 0 Å². The summed E-state index contributed by atoms with van der Waals surface area (Å²) in [5.74, 6) is -0.854. The highest BCUT2D eigenvalue weighted by Gasteiger charge is 2.16. The van der Waals surface area contributed by atoms with E-state index in [0.29, 0.717) is 11.4 Å². The summed E-state index contributed by atoms with van der Waals surface area (Å²) in [4.78, 5) is 22.0. The average Bonchev–Trinajstić information content (AvgIpc) is 2.22. The third-order valence-electron chi connectivity index (χ3n) is 1.94. The maximum Gasteiger partial charge on any atom is 0.412 e. The summed E-state index contributed by atoms with van der Waals surface area (Å²) in [7, 11) is 0. The van der Waals surface area contributed by atoms with Crippen molar-refractivity contribution in [3.05, 3.63) is 18.2 Å². The van der Waals surface area contributed by atoms with E-state index in [1.807, 2.05) is 0 Å². The molecule has 0 unspecified atom stereocenters. The summed E-state index contributed by atoms with van der Waals surface area (Å²) >= 11 is 0. The largest absolute Gasteiger partial charge is 0.482 e. The quantitative estimate of drug-likeness (QED) is 0.729. The molecule has 4 N–H and O–H groups in total. The van der Waals surface area contributed by atoms with E-state index in [9.17, 15) is 9.59 Å². The summed E-state index contributed by atoms with van der Waals surface area (Å²) in [6, 6.07) is 4.43. The van der Waals surface area contributed by atoms with Crippen LogP contribution in [0.25, 0.3) is 0 Å². The molecule has 1 aromatic carbocycles. The number of carbonyl (C=O) groups is 2. The lowest BCUT2D eigenvalue weighted by molar-refractivity contribution is -0.139. The molecule has 0 aromatic heterocycles. The second kappa shape index (κ2) is 6.14. The Morgan fingerprint density at radius 2 is 1.95 bits per heavy atom. The van der Waals surface area contributed by atoms with Crippen LogP contribution in [0.1, 0.15) is 20.8 Å². The van der Waals surface area contributed by atoms with Gasteiger partial charge in [0.05, 0.1) is 0 Å². The van der Waals surface area contributed by atoms with Gasteiger partial charge in [-0.3, -0.25) is 5.32 Å². The predicted molar refractivity (Wildman–Crippen MR) is 73.8 cm³/mol. The van der Waals surface area contributed by atoms with Gasteiger partial charge in [-0.05, 0) is 26.8 Å². The minimum absolute atomic E-state index is 0.249. The second-order valence-corrected chi connectivity index (χ2v) is 5.10. The molecule has 1 rings (SSSR count). The molecule has 7 heteroatoms. The maximum atomic E-state index is 11.6. The Labute approximate surface area is 116 Å². The number of amides is 1. The third kappa shape index (κ3) is 5.94. The van der Waals surface area contributed by atoms with Crippen molar-refractivity contribution in [2.24, 2.45) is 0 Å². The number of nitrogens with one attached hydrogen (secondary N) is 1. The molecule has 0 radical (unpaired) electrons. The maximum absolute atomic E-state index is 11.6. The zero-order valence-corrected chi connectivity index (χ0v) is 11.6. The van der Waals surface area contributed by atoms with E-state index in [1.165, 1.54) is 18.2 Å². The summed E-state index contributed by atoms with van der Waals surface area (Å²) in [5.41, 5.74) is 5.72. The van der Waals surface area contributed by atoms with Crippen molar-refractivity contribution < 1.29 is 24.2 Å². The number of nitrogen functional groups attached to an aromatic ring is 1. The van der Waals surface area contributed by atoms with Crippen LogP contribution in [-0.4, -0.2) is 29.4 Å². The minimum Gasteiger partial charge on any atom is -0.482 e. The fourth-order valence-corrected chi connectivity index (χ4v) is 1.34. The second-order valence-electron chi connectivity index (χ2n) is 5.10. The molecule has 20 heavy (non-hydrogen) atoms. The lowest BCUT2D eigenvalue weighted by Crippen LogP contribution is -2.27. The number of carboxylic acids is 1. The van der Waals surface area contributed by atoms with Gasteiger partial charge in [-0.15, -0.1) is 0 Å². The van der Waals surface area contributed by atoms with Crippen molar-refractivity contribution in [1.82, 2.24) is 0 Å². The molecule has 0 aliphatic heterocycles. The molecule has 0 saturated carbocycles. The van der Waals surface area contributed by atoms with E-state index in [2.05, 4.69) is 5.32 Å². The average molecular weight is 282 g/mol. The molecule has 110 valence electrons. The normalized spacial score (nSPS) is 10.8. The van der Waals surface area contributed by atoms with Gasteiger partial charge < -0.3 is 20.3 Å². The molecule has 7 nitrogen and oxygen atoms in total. The number of benzene rings is 1. The number of carbonyl (C=O) groups excluding carboxylic acids is 1. The van der Waals surface area contributed by atoms with Crippen LogP contribution in [0.3, 0.4) is 0 Å². The van der Waals surface area contributed by atoms with Gasteiger partial charge in [0.15, 0.2) is 6.61 Å². The van der Waals surface area contributed by atoms with Crippen molar-refractivity contribution in [3.63, 3.8) is 0 Å². The first kappa shape index (κ1) is 15.6. The number of aliphatic carboxylic acids is 1. The van der Waals surface area contributed by atoms with E-state index in [-0.39, 0.29) is 5.75 Å². The number of hydrogen-bond donors (Lipinski definition) is 3. The van der Waals surface area contributed by atoms with Crippen molar-refractivity contribution in [2.75, 3.05) is 17.7 Å². The van der Waals surface area contributed by atoms with Crippen LogP contribution in [0.5, 0.6) is 5.75 Å². The van der Waals surface area contributed by atoms with Crippen molar-refractivity contribution in [1.29, 1.82) is 0 Å². The van der Waals surface area contributed by atoms with Crippen LogP contribution < -0.4 is 15.8 Å². The molecule has 0 fully saturated rings.